The van der Waals surface area contributed by atoms with Crippen LogP contribution in [-0.4, -0.2) is 14.1 Å². The highest BCUT2D eigenvalue weighted by molar-refractivity contribution is 6.42. The summed E-state index contributed by atoms with van der Waals surface area (Å²) >= 11 is 18.5. The number of halogens is 3. The second-order valence-corrected chi connectivity index (χ2v) is 7.97. The van der Waals surface area contributed by atoms with Crippen molar-refractivity contribution in [2.45, 2.75) is 26.3 Å². The molecule has 0 aromatic heterocycles. The summed E-state index contributed by atoms with van der Waals surface area (Å²) in [5, 5.41) is 2.05. The number of hydrogen-bond donors (Lipinski definition) is 0. The number of benzene rings is 2. The van der Waals surface area contributed by atoms with Gasteiger partial charge in [-0.15, -0.1) is 0 Å². The third kappa shape index (κ3) is 3.54. The van der Waals surface area contributed by atoms with E-state index in [1.54, 1.807) is 41.0 Å². The molecule has 0 saturated heterocycles. The molecule has 29 heavy (non-hydrogen) atoms. The largest absolute Gasteiger partial charge is 0.352 e. The van der Waals surface area contributed by atoms with Gasteiger partial charge in [0, 0.05) is 17.3 Å². The molecule has 0 N–H and O–H groups in total. The smallest absolute Gasteiger partial charge is 0.293 e. The highest BCUT2D eigenvalue weighted by Gasteiger charge is 2.21. The van der Waals surface area contributed by atoms with Gasteiger partial charge in [-0.25, -0.2) is 4.79 Å². The lowest BCUT2D eigenvalue weighted by molar-refractivity contribution is 0.582. The van der Waals surface area contributed by atoms with Gasteiger partial charge in [0.15, 0.2) is 5.82 Å². The van der Waals surface area contributed by atoms with Crippen molar-refractivity contribution < 1.29 is 0 Å². The van der Waals surface area contributed by atoms with Crippen LogP contribution in [0.5, 0.6) is 0 Å². The van der Waals surface area contributed by atoms with Gasteiger partial charge in [0.2, 0.25) is 0 Å². The first-order valence-corrected chi connectivity index (χ1v) is 10.3. The van der Waals surface area contributed by atoms with Gasteiger partial charge in [-0.3, -0.25) is 13.9 Å². The van der Waals surface area contributed by atoms with Gasteiger partial charge in [0.25, 0.3) is 5.56 Å². The Morgan fingerprint density at radius 2 is 1.76 bits per heavy atom. The van der Waals surface area contributed by atoms with Crippen LogP contribution in [-0.2, 0) is 6.54 Å². The van der Waals surface area contributed by atoms with Crippen molar-refractivity contribution in [1.29, 1.82) is 0 Å². The van der Waals surface area contributed by atoms with E-state index in [0.29, 0.717) is 38.4 Å². The van der Waals surface area contributed by atoms with E-state index in [4.69, 9.17) is 34.8 Å². The Morgan fingerprint density at radius 3 is 2.48 bits per heavy atom. The summed E-state index contributed by atoms with van der Waals surface area (Å²) < 4.78 is 2.90. The summed E-state index contributed by atoms with van der Waals surface area (Å²) in [5.74, 6) is 0.251. The first-order valence-electron chi connectivity index (χ1n) is 9.12. The zero-order valence-electron chi connectivity index (χ0n) is 15.5. The van der Waals surface area contributed by atoms with Crippen molar-refractivity contribution in [1.82, 2.24) is 14.1 Å². The van der Waals surface area contributed by atoms with Crippen LogP contribution < -0.4 is 11.2 Å². The number of aromatic nitrogens is 3. The van der Waals surface area contributed by atoms with Crippen LogP contribution in [0, 0.1) is 0 Å². The highest BCUT2D eigenvalue weighted by atomic mass is 35.5. The minimum atomic E-state index is -0.578. The molecule has 0 aliphatic carbocycles. The Hall–Kier alpha value is -2.34. The highest BCUT2D eigenvalue weighted by Crippen LogP contribution is 2.32. The molecular formula is C21H16Cl3N3O2. The molecule has 4 rings (SSSR count). The quantitative estimate of drug-likeness (QED) is 0.392. The van der Waals surface area contributed by atoms with E-state index in [1.165, 1.54) is 4.57 Å². The molecule has 0 radical (unpaired) electrons. The van der Waals surface area contributed by atoms with Crippen LogP contribution in [0.3, 0.4) is 0 Å². The summed E-state index contributed by atoms with van der Waals surface area (Å²) in [4.78, 5) is 30.0. The fraction of sp³-hybridized carbons (Fsp3) is 0.190. The number of fused-ring (bicyclic) bond motifs is 2. The van der Waals surface area contributed by atoms with E-state index in [-0.39, 0.29) is 11.4 Å². The molecule has 2 aromatic rings. The van der Waals surface area contributed by atoms with Crippen LogP contribution in [0.2, 0.25) is 15.1 Å². The summed E-state index contributed by atoms with van der Waals surface area (Å²) in [5.41, 5.74) is 0.725. The Kier molecular flexibility index (Phi) is 5.38. The summed E-state index contributed by atoms with van der Waals surface area (Å²) in [7, 11) is 0. The van der Waals surface area contributed by atoms with E-state index in [9.17, 15) is 9.59 Å². The number of pyridine rings is 1. The fourth-order valence-electron chi connectivity index (χ4n) is 3.34. The van der Waals surface area contributed by atoms with Gasteiger partial charge in [0.05, 0.1) is 21.1 Å². The van der Waals surface area contributed by atoms with Gasteiger partial charge in [-0.2, -0.15) is 4.98 Å². The molecule has 2 aliphatic heterocycles. The molecule has 2 heterocycles. The number of rotatable bonds is 4. The predicted octanol–water partition coefficient (Wildman–Crippen LogP) is 5.41. The molecule has 0 spiro atoms. The number of unbranched alkanes of at least 4 members (excludes halogenated alkanes) is 1. The maximum absolute atomic E-state index is 13.1. The number of nitrogens with zero attached hydrogens (tertiary/aromatic N) is 3. The molecule has 8 heteroatoms. The molecule has 2 aliphatic rings. The molecule has 2 aromatic carbocycles. The summed E-state index contributed by atoms with van der Waals surface area (Å²) in [6, 6.07) is 12.1. The van der Waals surface area contributed by atoms with Crippen molar-refractivity contribution in [3.8, 4) is 17.1 Å². The van der Waals surface area contributed by atoms with Crippen molar-refractivity contribution in [2.75, 3.05) is 0 Å². The second kappa shape index (κ2) is 7.82. The monoisotopic (exact) mass is 447 g/mol. The molecule has 0 fully saturated rings. The van der Waals surface area contributed by atoms with Crippen molar-refractivity contribution in [3.05, 3.63) is 78.4 Å². The lowest BCUT2D eigenvalue weighted by Gasteiger charge is -2.19. The van der Waals surface area contributed by atoms with Crippen LogP contribution in [0.15, 0.2) is 52.1 Å². The maximum Gasteiger partial charge on any atom is 0.352 e. The van der Waals surface area contributed by atoms with Crippen LogP contribution in [0.25, 0.3) is 28.0 Å². The van der Waals surface area contributed by atoms with Crippen LogP contribution in [0.4, 0.5) is 0 Å². The summed E-state index contributed by atoms with van der Waals surface area (Å²) in [6.45, 7) is 2.34. The molecule has 0 saturated carbocycles. The normalized spacial score (nSPS) is 11.4. The Bertz CT molecular complexity index is 1330. The first-order chi connectivity index (χ1) is 13.9. The van der Waals surface area contributed by atoms with Gasteiger partial charge >= 0.3 is 5.69 Å². The molecule has 148 valence electrons. The van der Waals surface area contributed by atoms with Gasteiger partial charge in [-0.05, 0) is 48.2 Å². The molecule has 0 atom stereocenters. The lowest BCUT2D eigenvalue weighted by atomic mass is 10.1. The molecule has 0 bridgehead atoms. The second-order valence-electron chi connectivity index (χ2n) is 6.72. The molecular weight excluding hydrogens is 433 g/mol. The lowest BCUT2D eigenvalue weighted by Crippen LogP contribution is -2.38. The maximum atomic E-state index is 13.1. The first kappa shape index (κ1) is 20.0. The third-order valence-corrected chi connectivity index (χ3v) is 5.76. The van der Waals surface area contributed by atoms with Crippen molar-refractivity contribution >= 4 is 45.7 Å². The molecule has 0 unspecified atom stereocenters. The fourth-order valence-corrected chi connectivity index (χ4v) is 3.80. The Balaban J connectivity index is 2.15. The van der Waals surface area contributed by atoms with E-state index in [1.807, 2.05) is 13.0 Å². The van der Waals surface area contributed by atoms with E-state index in [2.05, 4.69) is 4.98 Å². The average Bonchev–Trinajstić information content (AvgIpc) is 2.69. The molecule has 0 amide bonds. The van der Waals surface area contributed by atoms with E-state index >= 15 is 0 Å². The molecule has 5 nitrogen and oxygen atoms in total. The minimum Gasteiger partial charge on any atom is -0.293 e. The Labute approximate surface area is 181 Å². The van der Waals surface area contributed by atoms with Gasteiger partial charge < -0.3 is 0 Å². The average molecular weight is 449 g/mol. The van der Waals surface area contributed by atoms with Gasteiger partial charge in [-0.1, -0.05) is 54.2 Å². The van der Waals surface area contributed by atoms with Crippen molar-refractivity contribution in [3.63, 3.8) is 0 Å². The van der Waals surface area contributed by atoms with Gasteiger partial charge in [0.1, 0.15) is 0 Å². The zero-order valence-corrected chi connectivity index (χ0v) is 17.7. The summed E-state index contributed by atoms with van der Waals surface area (Å²) in [6.07, 6.45) is 1.59. The topological polar surface area (TPSA) is 56.9 Å². The van der Waals surface area contributed by atoms with Crippen molar-refractivity contribution in [2.24, 2.45) is 0 Å². The predicted molar refractivity (Wildman–Crippen MR) is 118 cm³/mol. The minimum absolute atomic E-state index is 0.251. The van der Waals surface area contributed by atoms with Crippen LogP contribution >= 0.6 is 34.8 Å². The number of hydrogen-bond acceptors (Lipinski definition) is 3. The Morgan fingerprint density at radius 1 is 0.966 bits per heavy atom. The third-order valence-electron chi connectivity index (χ3n) is 4.79. The van der Waals surface area contributed by atoms with E-state index in [0.717, 1.165) is 18.2 Å². The van der Waals surface area contributed by atoms with E-state index < -0.39 is 5.69 Å². The standard InChI is InChI=1S/C21H16Cl3N3O2/c1-2-3-8-26-20(28)15-9-12-4-5-13(22)10-18(12)27(19(15)25-21(26)29)14-6-7-16(23)17(24)11-14/h4-7,9-11H,2-3,8H2,1H3. The SMILES string of the molecule is CCCCn1c(=O)nc2n(-c3ccc(Cl)c(Cl)c3)c3cc(Cl)ccc3cc-2c1=O. The zero-order chi connectivity index (χ0) is 20.7. The van der Waals surface area contributed by atoms with Crippen LogP contribution in [0.1, 0.15) is 19.8 Å².